The molecule has 0 aromatic carbocycles. The van der Waals surface area contributed by atoms with Gasteiger partial charge in [-0.25, -0.2) is 10.1 Å². The van der Waals surface area contributed by atoms with Gasteiger partial charge in [0, 0.05) is 24.9 Å². The molecule has 8 heteroatoms. The number of thiocarbonyl (C=S) groups is 4. The van der Waals surface area contributed by atoms with Gasteiger partial charge in [0.05, 0.1) is 6.42 Å². The van der Waals surface area contributed by atoms with Crippen LogP contribution < -0.4 is 0 Å². The summed E-state index contributed by atoms with van der Waals surface area (Å²) >= 11 is 21.3. The number of hydrogen-bond acceptors (Lipinski definition) is 6. The van der Waals surface area contributed by atoms with Crippen molar-refractivity contribution in [3.63, 3.8) is 0 Å². The first-order chi connectivity index (χ1) is 10.6. The zero-order chi connectivity index (χ0) is 17.4. The van der Waals surface area contributed by atoms with Gasteiger partial charge < -0.3 is 9.68 Å². The minimum Gasteiger partial charge on any atom is -0.372 e. The highest BCUT2D eigenvalue weighted by Crippen LogP contribution is 2.47. The SMILES string of the molecule is CN(OC(=S)CC(=S)ON(C)C(=S)C1(C)CC1)C(=S)C1(C)CC1. The summed E-state index contributed by atoms with van der Waals surface area (Å²) in [4.78, 5) is 12.7. The normalized spacial score (nSPS) is 19.3. The quantitative estimate of drug-likeness (QED) is 0.524. The zero-order valence-corrected chi connectivity index (χ0v) is 17.1. The van der Waals surface area contributed by atoms with Gasteiger partial charge >= 0.3 is 0 Å². The average Bonchev–Trinajstić information content (AvgIpc) is 3.37. The van der Waals surface area contributed by atoms with Crippen molar-refractivity contribution < 1.29 is 9.68 Å². The van der Waals surface area contributed by atoms with Crippen LogP contribution in [-0.4, -0.2) is 44.3 Å². The summed E-state index contributed by atoms with van der Waals surface area (Å²) in [6.07, 6.45) is 4.62. The number of rotatable bonds is 4. The van der Waals surface area contributed by atoms with Crippen LogP contribution >= 0.6 is 48.9 Å². The smallest absolute Gasteiger partial charge is 0.203 e. The largest absolute Gasteiger partial charge is 0.372 e. The molecule has 0 aliphatic heterocycles. The Labute approximate surface area is 159 Å². The maximum Gasteiger partial charge on any atom is 0.203 e. The van der Waals surface area contributed by atoms with Crippen molar-refractivity contribution in [1.82, 2.24) is 10.1 Å². The second-order valence-corrected chi connectivity index (χ2v) is 8.51. The minimum atomic E-state index is 0.0722. The van der Waals surface area contributed by atoms with Gasteiger partial charge in [0.25, 0.3) is 0 Å². The lowest BCUT2D eigenvalue weighted by atomic mass is 10.1. The van der Waals surface area contributed by atoms with Crippen LogP contribution in [-0.2, 0) is 9.68 Å². The lowest BCUT2D eigenvalue weighted by Crippen LogP contribution is -2.35. The monoisotopic (exact) mass is 390 g/mol. The summed E-state index contributed by atoms with van der Waals surface area (Å²) in [5.41, 5.74) is 0.144. The Morgan fingerprint density at radius 2 is 1.09 bits per heavy atom. The van der Waals surface area contributed by atoms with Gasteiger partial charge in [-0.2, -0.15) is 0 Å². The highest BCUT2D eigenvalue weighted by Gasteiger charge is 2.45. The summed E-state index contributed by atoms with van der Waals surface area (Å²) < 4.78 is 0. The Kier molecular flexibility index (Phi) is 5.60. The van der Waals surface area contributed by atoms with E-state index in [9.17, 15) is 0 Å². The molecule has 2 aliphatic rings. The second-order valence-electron chi connectivity index (χ2n) is 6.83. The summed E-state index contributed by atoms with van der Waals surface area (Å²) in [7, 11) is 3.55. The lowest BCUT2D eigenvalue weighted by Gasteiger charge is -2.26. The highest BCUT2D eigenvalue weighted by atomic mass is 32.1. The molecule has 23 heavy (non-hydrogen) atoms. The maximum absolute atomic E-state index is 5.58. The molecule has 2 saturated carbocycles. The summed E-state index contributed by atoms with van der Waals surface area (Å²) in [5.74, 6) is 0. The fourth-order valence-electron chi connectivity index (χ4n) is 2.13. The van der Waals surface area contributed by atoms with Crippen LogP contribution in [0.4, 0.5) is 0 Å². The molecule has 128 valence electrons. The zero-order valence-electron chi connectivity index (χ0n) is 13.9. The predicted octanol–water partition coefficient (Wildman–Crippen LogP) is 4.01. The molecule has 0 saturated heterocycles. The Bertz CT molecular complexity index is 508. The third-order valence-corrected chi connectivity index (χ3v) is 6.31. The van der Waals surface area contributed by atoms with E-state index in [1.807, 2.05) is 0 Å². The van der Waals surface area contributed by atoms with E-state index in [1.54, 1.807) is 24.2 Å². The van der Waals surface area contributed by atoms with Crippen LogP contribution in [0.3, 0.4) is 0 Å². The van der Waals surface area contributed by atoms with Gasteiger partial charge in [0.2, 0.25) is 10.1 Å². The number of hydrogen-bond donors (Lipinski definition) is 0. The molecule has 0 atom stereocenters. The molecule has 2 fully saturated rings. The molecule has 2 rings (SSSR count). The van der Waals surface area contributed by atoms with E-state index in [4.69, 9.17) is 58.5 Å². The van der Waals surface area contributed by atoms with Crippen LogP contribution in [0.15, 0.2) is 0 Å². The first-order valence-electron chi connectivity index (χ1n) is 7.55. The molecule has 0 spiro atoms. The van der Waals surface area contributed by atoms with Gasteiger partial charge in [-0.3, -0.25) is 0 Å². The van der Waals surface area contributed by atoms with E-state index >= 15 is 0 Å². The van der Waals surface area contributed by atoms with Gasteiger partial charge in [-0.1, -0.05) is 38.3 Å². The molecule has 0 N–H and O–H groups in total. The third-order valence-electron chi connectivity index (χ3n) is 4.37. The van der Waals surface area contributed by atoms with E-state index < -0.39 is 0 Å². The molecule has 0 bridgehead atoms. The molecule has 4 nitrogen and oxygen atoms in total. The Morgan fingerprint density at radius 1 is 0.783 bits per heavy atom. The minimum absolute atomic E-state index is 0.0722. The third kappa shape index (κ3) is 4.78. The van der Waals surface area contributed by atoms with E-state index in [0.29, 0.717) is 10.1 Å². The molecule has 0 unspecified atom stereocenters. The van der Waals surface area contributed by atoms with Gasteiger partial charge in [0.1, 0.15) is 9.98 Å². The Hall–Kier alpha value is -0.440. The van der Waals surface area contributed by atoms with Crippen LogP contribution in [0, 0.1) is 10.8 Å². The molecule has 0 aromatic heterocycles. The molecule has 0 radical (unpaired) electrons. The van der Waals surface area contributed by atoms with Crippen LogP contribution in [0.2, 0.25) is 0 Å². The highest BCUT2D eigenvalue weighted by molar-refractivity contribution is 7.82. The van der Waals surface area contributed by atoms with Crippen LogP contribution in [0.25, 0.3) is 0 Å². The Balaban J connectivity index is 1.75. The fraction of sp³-hybridized carbons (Fsp3) is 0.733. The molecule has 2 aliphatic carbocycles. The predicted molar refractivity (Wildman–Crippen MR) is 107 cm³/mol. The van der Waals surface area contributed by atoms with Crippen molar-refractivity contribution in [2.24, 2.45) is 10.8 Å². The first kappa shape index (κ1) is 18.9. The van der Waals surface area contributed by atoms with E-state index in [-0.39, 0.29) is 17.3 Å². The van der Waals surface area contributed by atoms with Crippen LogP contribution in [0.5, 0.6) is 0 Å². The van der Waals surface area contributed by atoms with E-state index in [0.717, 1.165) is 35.7 Å². The molecular weight excluding hydrogens is 368 g/mol. The van der Waals surface area contributed by atoms with Gasteiger partial charge in [-0.05, 0) is 50.1 Å². The number of hydroxylamine groups is 4. The molecule has 0 heterocycles. The lowest BCUT2D eigenvalue weighted by molar-refractivity contribution is 0.0209. The second kappa shape index (κ2) is 6.82. The summed E-state index contributed by atoms with van der Waals surface area (Å²) in [6, 6.07) is 0. The Morgan fingerprint density at radius 3 is 1.35 bits per heavy atom. The number of nitrogens with zero attached hydrogens (tertiary/aromatic N) is 2. The summed E-state index contributed by atoms with van der Waals surface area (Å²) in [6.45, 7) is 4.25. The van der Waals surface area contributed by atoms with Crippen molar-refractivity contribution in [2.75, 3.05) is 14.1 Å². The van der Waals surface area contributed by atoms with Gasteiger partial charge in [-0.15, -0.1) is 0 Å². The first-order valence-corrected chi connectivity index (χ1v) is 9.19. The average molecular weight is 391 g/mol. The van der Waals surface area contributed by atoms with E-state index in [1.165, 1.54) is 0 Å². The van der Waals surface area contributed by atoms with Crippen molar-refractivity contribution in [3.05, 3.63) is 0 Å². The van der Waals surface area contributed by atoms with Crippen LogP contribution in [0.1, 0.15) is 46.0 Å². The molecule has 0 aromatic rings. The standard InChI is InChI=1S/C15H22N2O2S4/c1-14(5-6-14)12(22)16(3)18-10(20)9-11(21)19-17(4)13(23)15(2)7-8-15/h5-9H2,1-4H3. The summed E-state index contributed by atoms with van der Waals surface area (Å²) in [5, 5.41) is 3.79. The fourth-order valence-corrected chi connectivity index (χ4v) is 3.19. The topological polar surface area (TPSA) is 24.9 Å². The molecular formula is C15H22N2O2S4. The maximum atomic E-state index is 5.58. The van der Waals surface area contributed by atoms with Gasteiger partial charge in [0.15, 0.2) is 0 Å². The van der Waals surface area contributed by atoms with Crippen molar-refractivity contribution in [2.45, 2.75) is 46.0 Å². The van der Waals surface area contributed by atoms with E-state index in [2.05, 4.69) is 13.8 Å². The van der Waals surface area contributed by atoms with Crippen molar-refractivity contribution >= 4 is 68.9 Å². The molecule has 0 amide bonds. The van der Waals surface area contributed by atoms with Crippen molar-refractivity contribution in [3.8, 4) is 0 Å². The van der Waals surface area contributed by atoms with Crippen molar-refractivity contribution in [1.29, 1.82) is 0 Å².